The van der Waals surface area contributed by atoms with Crippen molar-refractivity contribution in [3.8, 4) is 11.8 Å². The Morgan fingerprint density at radius 1 is 1.29 bits per heavy atom. The smallest absolute Gasteiger partial charge is 0.421 e. The first-order chi connectivity index (χ1) is 12.9. The van der Waals surface area contributed by atoms with Crippen molar-refractivity contribution in [3.63, 3.8) is 0 Å². The Hall–Kier alpha value is -2.62. The van der Waals surface area contributed by atoms with Crippen molar-refractivity contribution in [1.82, 2.24) is 14.8 Å². The van der Waals surface area contributed by atoms with E-state index < -0.39 is 35.7 Å². The fourth-order valence-corrected chi connectivity index (χ4v) is 2.41. The first-order valence-corrected chi connectivity index (χ1v) is 8.52. The molecule has 0 spiro atoms. The molecule has 7 nitrogen and oxygen atoms in total. The molecule has 0 aliphatic rings. The van der Waals surface area contributed by atoms with Gasteiger partial charge in [0, 0.05) is 11.8 Å². The third-order valence-corrected chi connectivity index (χ3v) is 3.76. The Balaban J connectivity index is 2.62. The second kappa shape index (κ2) is 7.78. The normalized spacial score (nSPS) is 12.2. The third kappa shape index (κ3) is 4.44. The number of alkyl halides is 3. The van der Waals surface area contributed by atoms with Gasteiger partial charge in [-0.1, -0.05) is 0 Å². The van der Waals surface area contributed by atoms with Crippen LogP contribution in [0.25, 0.3) is 0 Å². The minimum absolute atomic E-state index is 0.00654. The van der Waals surface area contributed by atoms with Gasteiger partial charge in [-0.05, 0) is 46.2 Å². The van der Waals surface area contributed by atoms with E-state index >= 15 is 0 Å². The van der Waals surface area contributed by atoms with Crippen molar-refractivity contribution in [1.29, 1.82) is 0 Å². The molecule has 2 aromatic rings. The summed E-state index contributed by atoms with van der Waals surface area (Å²) < 4.78 is 52.1. The molecular formula is C18H22F3N3O4. The zero-order chi connectivity index (χ0) is 21.3. The molecule has 0 saturated heterocycles. The van der Waals surface area contributed by atoms with E-state index in [4.69, 9.17) is 14.6 Å². The van der Waals surface area contributed by atoms with Crippen LogP contribution in [0, 0.1) is 6.92 Å². The number of hydrogen-bond donors (Lipinski definition) is 1. The van der Waals surface area contributed by atoms with Crippen molar-refractivity contribution in [2.45, 2.75) is 52.9 Å². The van der Waals surface area contributed by atoms with E-state index in [1.54, 1.807) is 27.7 Å². The van der Waals surface area contributed by atoms with Gasteiger partial charge in [0.2, 0.25) is 11.8 Å². The maximum atomic E-state index is 13.4. The van der Waals surface area contributed by atoms with Gasteiger partial charge >= 0.3 is 12.1 Å². The summed E-state index contributed by atoms with van der Waals surface area (Å²) in [5.74, 6) is -1.45. The number of aliphatic hydroxyl groups excluding tert-OH is 1. The number of ether oxygens (including phenoxy) is 2. The predicted octanol–water partition coefficient (Wildman–Crippen LogP) is 3.82. The maximum Gasteiger partial charge on any atom is 0.421 e. The molecule has 0 aromatic carbocycles. The van der Waals surface area contributed by atoms with Crippen molar-refractivity contribution in [2.24, 2.45) is 0 Å². The molecule has 0 aliphatic carbocycles. The van der Waals surface area contributed by atoms with Crippen LogP contribution in [0.3, 0.4) is 0 Å². The number of nitrogens with zero attached hydrogens (tertiary/aromatic N) is 3. The highest BCUT2D eigenvalue weighted by Gasteiger charge is 2.37. The average molecular weight is 401 g/mol. The molecule has 2 aromatic heterocycles. The van der Waals surface area contributed by atoms with E-state index in [9.17, 15) is 18.0 Å². The van der Waals surface area contributed by atoms with Gasteiger partial charge in [-0.2, -0.15) is 18.3 Å². The van der Waals surface area contributed by atoms with E-state index in [0.29, 0.717) is 0 Å². The number of hydrogen-bond acceptors (Lipinski definition) is 6. The van der Waals surface area contributed by atoms with E-state index in [1.165, 1.54) is 11.6 Å². The molecule has 154 valence electrons. The van der Waals surface area contributed by atoms with Gasteiger partial charge in [0.25, 0.3) is 0 Å². The number of halogens is 3. The quantitative estimate of drug-likeness (QED) is 0.767. The summed E-state index contributed by atoms with van der Waals surface area (Å²) >= 11 is 0. The lowest BCUT2D eigenvalue weighted by molar-refractivity contribution is -0.139. The molecule has 0 unspecified atom stereocenters. The average Bonchev–Trinajstić information content (AvgIpc) is 2.91. The number of aromatic nitrogens is 3. The molecule has 2 heterocycles. The van der Waals surface area contributed by atoms with E-state index in [0.717, 1.165) is 12.3 Å². The van der Waals surface area contributed by atoms with E-state index in [2.05, 4.69) is 10.1 Å². The fraction of sp³-hybridized carbons (Fsp3) is 0.500. The lowest BCUT2D eigenvalue weighted by Crippen LogP contribution is -2.24. The SMILES string of the molecule is CCOC(=O)c1nn(C(C)(C)C)c(Oc2ncc(CO)cc2C(F)(F)F)c1C. The zero-order valence-electron chi connectivity index (χ0n) is 16.2. The van der Waals surface area contributed by atoms with Crippen LogP contribution in [0.4, 0.5) is 13.2 Å². The summed E-state index contributed by atoms with van der Waals surface area (Å²) in [5.41, 5.74) is -1.67. The summed E-state index contributed by atoms with van der Waals surface area (Å²) in [6.45, 7) is 7.94. The third-order valence-electron chi connectivity index (χ3n) is 3.76. The van der Waals surface area contributed by atoms with Gasteiger partial charge in [-0.25, -0.2) is 14.5 Å². The predicted molar refractivity (Wildman–Crippen MR) is 93.2 cm³/mol. The highest BCUT2D eigenvalue weighted by atomic mass is 19.4. The van der Waals surface area contributed by atoms with Crippen LogP contribution >= 0.6 is 0 Å². The Bertz CT molecular complexity index is 870. The monoisotopic (exact) mass is 401 g/mol. The van der Waals surface area contributed by atoms with Crippen LogP contribution < -0.4 is 4.74 Å². The Morgan fingerprint density at radius 3 is 2.43 bits per heavy atom. The molecule has 0 atom stereocenters. The van der Waals surface area contributed by atoms with Gasteiger partial charge in [-0.3, -0.25) is 0 Å². The van der Waals surface area contributed by atoms with Gasteiger partial charge in [0.05, 0.1) is 18.8 Å². The molecule has 2 rings (SSSR count). The topological polar surface area (TPSA) is 86.5 Å². The number of rotatable bonds is 5. The van der Waals surface area contributed by atoms with Crippen LogP contribution in [-0.2, 0) is 23.1 Å². The largest absolute Gasteiger partial charge is 0.461 e. The van der Waals surface area contributed by atoms with Gasteiger partial charge < -0.3 is 14.6 Å². The van der Waals surface area contributed by atoms with Crippen LogP contribution in [0.2, 0.25) is 0 Å². The number of aliphatic hydroxyl groups is 1. The van der Waals surface area contributed by atoms with Crippen molar-refractivity contribution in [2.75, 3.05) is 6.61 Å². The van der Waals surface area contributed by atoms with Gasteiger partial charge in [0.1, 0.15) is 5.56 Å². The fourth-order valence-electron chi connectivity index (χ4n) is 2.41. The molecular weight excluding hydrogens is 379 g/mol. The molecule has 1 N–H and O–H groups in total. The molecule has 0 aliphatic heterocycles. The van der Waals surface area contributed by atoms with Crippen LogP contribution in [0.5, 0.6) is 11.8 Å². The lowest BCUT2D eigenvalue weighted by Gasteiger charge is -2.22. The molecule has 0 amide bonds. The second-order valence-corrected chi connectivity index (χ2v) is 7.04. The van der Waals surface area contributed by atoms with Crippen LogP contribution in [0.1, 0.15) is 54.9 Å². The number of esters is 1. The maximum absolute atomic E-state index is 13.4. The Morgan fingerprint density at radius 2 is 1.93 bits per heavy atom. The second-order valence-electron chi connectivity index (χ2n) is 7.04. The van der Waals surface area contributed by atoms with Crippen molar-refractivity contribution < 1.29 is 32.5 Å². The van der Waals surface area contributed by atoms with Crippen LogP contribution in [0.15, 0.2) is 12.3 Å². The summed E-state index contributed by atoms with van der Waals surface area (Å²) in [7, 11) is 0. The standard InChI is InChI=1S/C18H22F3N3O4/c1-6-27-16(26)13-10(2)15(24(23-13)17(3,4)5)28-14-12(18(19,20)21)7-11(9-25)8-22-14/h7-8,25H,6,9H2,1-5H3. The number of pyridine rings is 1. The summed E-state index contributed by atoms with van der Waals surface area (Å²) in [5, 5.41) is 13.3. The highest BCUT2D eigenvalue weighted by Crippen LogP contribution is 2.39. The van der Waals surface area contributed by atoms with Gasteiger partial charge in [-0.15, -0.1) is 0 Å². The minimum atomic E-state index is -4.75. The van der Waals surface area contributed by atoms with E-state index in [-0.39, 0.29) is 29.3 Å². The first-order valence-electron chi connectivity index (χ1n) is 8.52. The summed E-state index contributed by atoms with van der Waals surface area (Å²) in [6, 6.07) is 0.766. The number of carbonyl (C=O) groups is 1. The summed E-state index contributed by atoms with van der Waals surface area (Å²) in [4.78, 5) is 15.8. The lowest BCUT2D eigenvalue weighted by atomic mass is 10.1. The van der Waals surface area contributed by atoms with Crippen molar-refractivity contribution in [3.05, 3.63) is 34.6 Å². The van der Waals surface area contributed by atoms with Gasteiger partial charge in [0.15, 0.2) is 5.69 Å². The van der Waals surface area contributed by atoms with E-state index in [1.807, 2.05) is 0 Å². The molecule has 28 heavy (non-hydrogen) atoms. The van der Waals surface area contributed by atoms with Crippen molar-refractivity contribution >= 4 is 5.97 Å². The number of carbonyl (C=O) groups excluding carboxylic acids is 1. The summed E-state index contributed by atoms with van der Waals surface area (Å²) in [6.07, 6.45) is -3.66. The highest BCUT2D eigenvalue weighted by molar-refractivity contribution is 5.89. The Labute approximate surface area is 160 Å². The van der Waals surface area contributed by atoms with Crippen LogP contribution in [-0.4, -0.2) is 32.4 Å². The molecule has 10 heteroatoms. The molecule has 0 saturated carbocycles. The zero-order valence-corrected chi connectivity index (χ0v) is 16.2. The molecule has 0 bridgehead atoms. The molecule has 0 radical (unpaired) electrons. The first kappa shape index (κ1) is 21.7. The molecule has 0 fully saturated rings. The Kier molecular flexibility index (Phi) is 6.03. The minimum Gasteiger partial charge on any atom is -0.461 e.